The molecule has 4 N–H and O–H groups in total. The Hall–Kier alpha value is -3.23. The summed E-state index contributed by atoms with van der Waals surface area (Å²) in [6.07, 6.45) is 3.37. The van der Waals surface area contributed by atoms with Crippen molar-refractivity contribution in [3.63, 3.8) is 0 Å². The van der Waals surface area contributed by atoms with Crippen molar-refractivity contribution in [1.29, 1.82) is 0 Å². The molecule has 7 nitrogen and oxygen atoms in total. The van der Waals surface area contributed by atoms with Gasteiger partial charge >= 0.3 is 10.3 Å². The van der Waals surface area contributed by atoms with Crippen molar-refractivity contribution in [2.24, 2.45) is 5.14 Å². The number of pyridine rings is 2. The van der Waals surface area contributed by atoms with Crippen molar-refractivity contribution >= 4 is 37.9 Å². The number of anilines is 1. The average molecular weight is 423 g/mol. The van der Waals surface area contributed by atoms with E-state index in [9.17, 15) is 8.42 Å². The molecule has 30 heavy (non-hydrogen) atoms. The predicted molar refractivity (Wildman–Crippen MR) is 119 cm³/mol. The van der Waals surface area contributed by atoms with Crippen LogP contribution in [-0.4, -0.2) is 18.4 Å². The standard InChI is InChI=1S/C22H22N4O3S/c1-13-3-8-18-19-11-15(12-25-21(19)22(23)26-20(18)9-13)4-5-16-6-7-17(10-14(16)2)29-30(24,27)28/h3,6-12H,4-5H2,1-2H3,(H2,23,26)(H2,24,27,28). The highest BCUT2D eigenvalue weighted by Gasteiger charge is 2.10. The molecule has 2 aromatic heterocycles. The maximum absolute atomic E-state index is 11.1. The lowest BCUT2D eigenvalue weighted by atomic mass is 9.99. The summed E-state index contributed by atoms with van der Waals surface area (Å²) in [7, 11) is -4.03. The first-order valence-electron chi connectivity index (χ1n) is 9.46. The summed E-state index contributed by atoms with van der Waals surface area (Å²) in [4.78, 5) is 9.04. The second-order valence-corrected chi connectivity index (χ2v) is 8.57. The topological polar surface area (TPSA) is 121 Å². The van der Waals surface area contributed by atoms with Gasteiger partial charge in [0, 0.05) is 17.0 Å². The highest BCUT2D eigenvalue weighted by molar-refractivity contribution is 7.84. The monoisotopic (exact) mass is 422 g/mol. The number of nitrogens with zero attached hydrogens (tertiary/aromatic N) is 2. The fourth-order valence-electron chi connectivity index (χ4n) is 3.61. The van der Waals surface area contributed by atoms with Crippen molar-refractivity contribution < 1.29 is 12.6 Å². The van der Waals surface area contributed by atoms with Crippen molar-refractivity contribution in [2.75, 3.05) is 5.73 Å². The highest BCUT2D eigenvalue weighted by Crippen LogP contribution is 2.28. The third-order valence-corrected chi connectivity index (χ3v) is 5.51. The van der Waals surface area contributed by atoms with E-state index in [4.69, 9.17) is 15.1 Å². The van der Waals surface area contributed by atoms with Crippen LogP contribution in [0.1, 0.15) is 22.3 Å². The Morgan fingerprint density at radius 1 is 1.00 bits per heavy atom. The van der Waals surface area contributed by atoms with Gasteiger partial charge in [-0.3, -0.25) is 4.98 Å². The summed E-state index contributed by atoms with van der Waals surface area (Å²) in [5.74, 6) is 0.631. The van der Waals surface area contributed by atoms with Gasteiger partial charge in [-0.15, -0.1) is 0 Å². The molecule has 0 bridgehead atoms. The summed E-state index contributed by atoms with van der Waals surface area (Å²) in [6, 6.07) is 13.4. The normalized spacial score (nSPS) is 11.8. The van der Waals surface area contributed by atoms with Gasteiger partial charge in [-0.1, -0.05) is 18.2 Å². The summed E-state index contributed by atoms with van der Waals surface area (Å²) in [6.45, 7) is 3.93. The third kappa shape index (κ3) is 4.19. The summed E-state index contributed by atoms with van der Waals surface area (Å²) >= 11 is 0. The lowest BCUT2D eigenvalue weighted by Crippen LogP contribution is -2.19. The fraction of sp³-hybridized carbons (Fsp3) is 0.182. The van der Waals surface area contributed by atoms with E-state index < -0.39 is 10.3 Å². The van der Waals surface area contributed by atoms with Crippen molar-refractivity contribution in [3.8, 4) is 5.75 Å². The second-order valence-electron chi connectivity index (χ2n) is 7.42. The molecular weight excluding hydrogens is 400 g/mol. The minimum atomic E-state index is -4.03. The van der Waals surface area contributed by atoms with E-state index >= 15 is 0 Å². The maximum Gasteiger partial charge on any atom is 0.380 e. The molecule has 154 valence electrons. The van der Waals surface area contributed by atoms with Crippen LogP contribution in [0.15, 0.2) is 48.7 Å². The quantitative estimate of drug-likeness (QED) is 0.476. The lowest BCUT2D eigenvalue weighted by Gasteiger charge is -2.10. The summed E-state index contributed by atoms with van der Waals surface area (Å²) in [5.41, 5.74) is 11.9. The number of hydrogen-bond donors (Lipinski definition) is 2. The molecule has 0 amide bonds. The maximum atomic E-state index is 11.1. The van der Waals surface area contributed by atoms with E-state index in [1.165, 1.54) is 0 Å². The van der Waals surface area contributed by atoms with Crippen LogP contribution in [0.3, 0.4) is 0 Å². The van der Waals surface area contributed by atoms with Gasteiger partial charge in [0.1, 0.15) is 11.3 Å². The molecular formula is C22H22N4O3S. The van der Waals surface area contributed by atoms with E-state index in [1.807, 2.05) is 32.2 Å². The Kier molecular flexibility index (Phi) is 5.05. The van der Waals surface area contributed by atoms with E-state index in [-0.39, 0.29) is 5.75 Å². The van der Waals surface area contributed by atoms with E-state index in [2.05, 4.69) is 28.2 Å². The van der Waals surface area contributed by atoms with Crippen LogP contribution >= 0.6 is 0 Å². The van der Waals surface area contributed by atoms with E-state index in [0.29, 0.717) is 11.3 Å². The van der Waals surface area contributed by atoms with E-state index in [0.717, 1.165) is 51.4 Å². The van der Waals surface area contributed by atoms with Crippen LogP contribution in [0.4, 0.5) is 5.82 Å². The Morgan fingerprint density at radius 2 is 1.80 bits per heavy atom. The SMILES string of the molecule is Cc1ccc2c(c1)nc(N)c1ncc(CCc3ccc(OS(N)(=O)=O)cc3C)cc12. The molecule has 0 radical (unpaired) electrons. The number of aromatic nitrogens is 2. The van der Waals surface area contributed by atoms with Gasteiger partial charge in [0.15, 0.2) is 5.82 Å². The predicted octanol–water partition coefficient (Wildman–Crippen LogP) is 3.35. The minimum absolute atomic E-state index is 0.205. The first kappa shape index (κ1) is 20.1. The highest BCUT2D eigenvalue weighted by atomic mass is 32.2. The molecule has 0 aliphatic heterocycles. The molecule has 0 aliphatic rings. The van der Waals surface area contributed by atoms with Crippen LogP contribution in [0.5, 0.6) is 5.75 Å². The molecule has 2 aromatic carbocycles. The zero-order valence-corrected chi connectivity index (χ0v) is 17.5. The molecule has 0 aliphatic carbocycles. The molecule has 0 unspecified atom stereocenters. The van der Waals surface area contributed by atoms with Crippen LogP contribution in [-0.2, 0) is 23.1 Å². The van der Waals surface area contributed by atoms with Gasteiger partial charge in [0.2, 0.25) is 0 Å². The first-order chi connectivity index (χ1) is 14.2. The Balaban J connectivity index is 1.62. The van der Waals surface area contributed by atoms with Gasteiger partial charge in [-0.25, -0.2) is 4.98 Å². The van der Waals surface area contributed by atoms with Gasteiger partial charge in [0.05, 0.1) is 5.52 Å². The number of nitrogens with two attached hydrogens (primary N) is 2. The Labute approximate surface area is 175 Å². The molecule has 4 rings (SSSR count). The van der Waals surface area contributed by atoms with Gasteiger partial charge < -0.3 is 9.92 Å². The molecule has 2 heterocycles. The number of fused-ring (bicyclic) bond motifs is 3. The average Bonchev–Trinajstić information content (AvgIpc) is 2.66. The summed E-state index contributed by atoms with van der Waals surface area (Å²) in [5, 5.41) is 6.94. The van der Waals surface area contributed by atoms with Crippen molar-refractivity contribution in [1.82, 2.24) is 9.97 Å². The zero-order chi connectivity index (χ0) is 21.5. The van der Waals surface area contributed by atoms with E-state index in [1.54, 1.807) is 12.1 Å². The lowest BCUT2D eigenvalue weighted by molar-refractivity contribution is 0.487. The Bertz CT molecular complexity index is 1380. The van der Waals surface area contributed by atoms with Gasteiger partial charge in [-0.05, 0) is 73.2 Å². The number of benzene rings is 2. The molecule has 0 saturated heterocycles. The number of nitrogen functional groups attached to an aromatic ring is 1. The molecule has 0 atom stereocenters. The first-order valence-corrected chi connectivity index (χ1v) is 10.9. The van der Waals surface area contributed by atoms with Gasteiger partial charge in [0.25, 0.3) is 0 Å². The molecule has 0 spiro atoms. The van der Waals surface area contributed by atoms with Gasteiger partial charge in [-0.2, -0.15) is 13.6 Å². The second kappa shape index (κ2) is 7.55. The fourth-order valence-corrected chi connectivity index (χ4v) is 3.98. The van der Waals surface area contributed by atoms with Crippen LogP contribution < -0.4 is 15.1 Å². The Morgan fingerprint density at radius 3 is 2.53 bits per heavy atom. The number of rotatable bonds is 5. The minimum Gasteiger partial charge on any atom is -0.382 e. The van der Waals surface area contributed by atoms with Crippen molar-refractivity contribution in [2.45, 2.75) is 26.7 Å². The van der Waals surface area contributed by atoms with Crippen LogP contribution in [0.2, 0.25) is 0 Å². The molecule has 8 heteroatoms. The summed E-state index contributed by atoms with van der Waals surface area (Å²) < 4.78 is 26.9. The zero-order valence-electron chi connectivity index (χ0n) is 16.7. The molecule has 0 fully saturated rings. The molecule has 4 aromatic rings. The van der Waals surface area contributed by atoms with Crippen molar-refractivity contribution in [3.05, 3.63) is 70.9 Å². The number of hydrogen-bond acceptors (Lipinski definition) is 6. The van der Waals surface area contributed by atoms with Crippen LogP contribution in [0, 0.1) is 13.8 Å². The smallest absolute Gasteiger partial charge is 0.380 e. The number of aryl methyl sites for hydroxylation is 4. The van der Waals surface area contributed by atoms with Crippen LogP contribution in [0.25, 0.3) is 21.8 Å². The largest absolute Gasteiger partial charge is 0.382 e. The third-order valence-electron chi connectivity index (χ3n) is 5.08. The molecule has 0 saturated carbocycles.